The van der Waals surface area contributed by atoms with Gasteiger partial charge in [-0.15, -0.1) is 10.2 Å². The minimum absolute atomic E-state index is 0.0245. The number of nitrogens with one attached hydrogen (secondary N) is 1. The van der Waals surface area contributed by atoms with Crippen LogP contribution in [0, 0.1) is 0 Å². The number of carbonyl (C=O) groups excluding carboxylic acids is 1. The van der Waals surface area contributed by atoms with Crippen LogP contribution >= 0.6 is 0 Å². The van der Waals surface area contributed by atoms with Gasteiger partial charge in [-0.3, -0.25) is 4.79 Å². The maximum Gasteiger partial charge on any atom is 0.387 e. The van der Waals surface area contributed by atoms with Crippen LogP contribution in [0.25, 0.3) is 17.1 Å². The molecule has 0 fully saturated rings. The Balaban J connectivity index is 1.37. The average Bonchev–Trinajstić information content (AvgIpc) is 3.67. The van der Waals surface area contributed by atoms with Crippen LogP contribution in [0.2, 0.25) is 0 Å². The molecular formula is C21H15F4N9O3. The van der Waals surface area contributed by atoms with Gasteiger partial charge in [0.1, 0.15) is 17.3 Å². The lowest BCUT2D eigenvalue weighted by atomic mass is 9.99. The molecule has 1 aliphatic rings. The van der Waals surface area contributed by atoms with Crippen molar-refractivity contribution in [3.63, 3.8) is 0 Å². The standard InChI is InChI=1S/C21H15F4N9O3/c22-20(23)34-7-4-11(30-34)17-28-29-18(37-17)19(35)32-6-3-10-15(27-9-26-10)16(32)12-8-13-14(36-21(24)25)2-1-5-33(13)31-12/h1-2,4-5,7-9,16,20-21H,3,6H2,(H,26,27)/t16-/m1/s1. The minimum atomic E-state index is -3.03. The van der Waals surface area contributed by atoms with Gasteiger partial charge in [0, 0.05) is 31.1 Å². The Bertz CT molecular complexity index is 1590. The van der Waals surface area contributed by atoms with Gasteiger partial charge >= 0.3 is 25.0 Å². The van der Waals surface area contributed by atoms with E-state index < -0.39 is 31.0 Å². The Labute approximate surface area is 203 Å². The molecule has 0 aromatic carbocycles. The number of carbonyl (C=O) groups is 1. The third-order valence-corrected chi connectivity index (χ3v) is 5.80. The first-order chi connectivity index (χ1) is 17.9. The second-order valence-corrected chi connectivity index (χ2v) is 7.94. The summed E-state index contributed by atoms with van der Waals surface area (Å²) >= 11 is 0. The highest BCUT2D eigenvalue weighted by molar-refractivity contribution is 5.90. The van der Waals surface area contributed by atoms with Crippen LogP contribution in [0.4, 0.5) is 17.6 Å². The number of hydrogen-bond donors (Lipinski definition) is 1. The molecule has 0 radical (unpaired) electrons. The number of aromatic nitrogens is 8. The second-order valence-electron chi connectivity index (χ2n) is 7.94. The Morgan fingerprint density at radius 1 is 1.16 bits per heavy atom. The van der Waals surface area contributed by atoms with E-state index >= 15 is 0 Å². The Morgan fingerprint density at radius 2 is 2.03 bits per heavy atom. The van der Waals surface area contributed by atoms with Crippen molar-refractivity contribution in [1.82, 2.24) is 44.5 Å². The quantitative estimate of drug-likeness (QED) is 0.340. The molecule has 16 heteroatoms. The fraction of sp³-hybridized carbons (Fsp3) is 0.238. The summed E-state index contributed by atoms with van der Waals surface area (Å²) in [5, 5.41) is 15.7. The molecular weight excluding hydrogens is 502 g/mol. The van der Waals surface area contributed by atoms with E-state index in [0.29, 0.717) is 22.5 Å². The van der Waals surface area contributed by atoms with Gasteiger partial charge in [-0.1, -0.05) is 0 Å². The highest BCUT2D eigenvalue weighted by Crippen LogP contribution is 2.35. The molecule has 12 nitrogen and oxygen atoms in total. The Morgan fingerprint density at radius 3 is 2.81 bits per heavy atom. The van der Waals surface area contributed by atoms with E-state index in [9.17, 15) is 22.4 Å². The highest BCUT2D eigenvalue weighted by atomic mass is 19.3. The first-order valence-electron chi connectivity index (χ1n) is 10.8. The number of fused-ring (bicyclic) bond motifs is 2. The molecule has 1 atom stereocenters. The predicted molar refractivity (Wildman–Crippen MR) is 114 cm³/mol. The zero-order chi connectivity index (χ0) is 25.7. The predicted octanol–water partition coefficient (Wildman–Crippen LogP) is 3.09. The lowest BCUT2D eigenvalue weighted by Gasteiger charge is -2.32. The molecule has 37 heavy (non-hydrogen) atoms. The van der Waals surface area contributed by atoms with Crippen molar-refractivity contribution >= 4 is 11.4 Å². The molecule has 5 aromatic rings. The SMILES string of the molecule is O=C(c1nnc(-c2ccn(C(F)F)n2)o1)N1CCc2[nH]cnc2[C@H]1c1cc2c(OC(F)F)cccn2n1. The van der Waals surface area contributed by atoms with Gasteiger partial charge in [-0.2, -0.15) is 27.8 Å². The van der Waals surface area contributed by atoms with E-state index in [-0.39, 0.29) is 29.4 Å². The molecule has 1 amide bonds. The zero-order valence-corrected chi connectivity index (χ0v) is 18.5. The molecule has 0 saturated carbocycles. The number of ether oxygens (including phenoxy) is 1. The highest BCUT2D eigenvalue weighted by Gasteiger charge is 2.38. The first kappa shape index (κ1) is 22.7. The number of hydrogen-bond acceptors (Lipinski definition) is 8. The van der Waals surface area contributed by atoms with Crippen molar-refractivity contribution in [2.75, 3.05) is 6.54 Å². The fourth-order valence-electron chi connectivity index (χ4n) is 4.23. The fourth-order valence-corrected chi connectivity index (χ4v) is 4.23. The van der Waals surface area contributed by atoms with E-state index in [0.717, 1.165) is 11.9 Å². The number of amides is 1. The Kier molecular flexibility index (Phi) is 5.35. The summed E-state index contributed by atoms with van der Waals surface area (Å²) in [5.41, 5.74) is 1.86. The summed E-state index contributed by atoms with van der Waals surface area (Å²) in [6.07, 6.45) is 4.52. The number of rotatable bonds is 6. The van der Waals surface area contributed by atoms with Crippen LogP contribution < -0.4 is 4.74 Å². The van der Waals surface area contributed by atoms with Crippen LogP contribution in [-0.4, -0.2) is 63.5 Å². The molecule has 5 aromatic heterocycles. The van der Waals surface area contributed by atoms with Crippen molar-refractivity contribution in [3.8, 4) is 17.3 Å². The molecule has 6 heterocycles. The molecule has 0 unspecified atom stereocenters. The molecule has 190 valence electrons. The summed E-state index contributed by atoms with van der Waals surface area (Å²) < 4.78 is 63.3. The third kappa shape index (κ3) is 3.95. The van der Waals surface area contributed by atoms with E-state index in [1.165, 1.54) is 40.0 Å². The first-order valence-corrected chi connectivity index (χ1v) is 10.8. The van der Waals surface area contributed by atoms with Crippen molar-refractivity contribution < 1.29 is 31.5 Å². The summed E-state index contributed by atoms with van der Waals surface area (Å²) in [4.78, 5) is 22.3. The van der Waals surface area contributed by atoms with Crippen molar-refractivity contribution in [2.45, 2.75) is 25.6 Å². The summed E-state index contributed by atoms with van der Waals surface area (Å²) in [5.74, 6) is -1.35. The van der Waals surface area contributed by atoms with E-state index in [1.807, 2.05) is 0 Å². The zero-order valence-electron chi connectivity index (χ0n) is 18.5. The second kappa shape index (κ2) is 8.72. The minimum Gasteiger partial charge on any atom is -0.433 e. The lowest BCUT2D eigenvalue weighted by Crippen LogP contribution is -2.41. The number of alkyl halides is 4. The number of nitrogens with zero attached hydrogens (tertiary/aromatic N) is 8. The smallest absolute Gasteiger partial charge is 0.387 e. The van der Waals surface area contributed by atoms with Crippen LogP contribution in [0.1, 0.15) is 40.4 Å². The maximum atomic E-state index is 13.5. The van der Waals surface area contributed by atoms with Crippen LogP contribution in [0.15, 0.2) is 47.4 Å². The normalized spacial score (nSPS) is 15.6. The number of H-pyrrole nitrogens is 1. The number of pyridine rings is 1. The average molecular weight is 517 g/mol. The van der Waals surface area contributed by atoms with E-state index in [4.69, 9.17) is 4.42 Å². The topological polar surface area (TPSA) is 132 Å². The van der Waals surface area contributed by atoms with Crippen molar-refractivity contribution in [3.05, 3.63) is 66.0 Å². The van der Waals surface area contributed by atoms with Gasteiger partial charge in [0.05, 0.1) is 17.7 Å². The van der Waals surface area contributed by atoms with Crippen molar-refractivity contribution in [1.29, 1.82) is 0 Å². The van der Waals surface area contributed by atoms with Crippen LogP contribution in [0.3, 0.4) is 0 Å². The number of aromatic amines is 1. The molecule has 6 rings (SSSR count). The molecule has 0 bridgehead atoms. The lowest BCUT2D eigenvalue weighted by molar-refractivity contribution is -0.0490. The van der Waals surface area contributed by atoms with Crippen molar-refractivity contribution in [2.24, 2.45) is 0 Å². The molecule has 0 saturated heterocycles. The van der Waals surface area contributed by atoms with Gasteiger partial charge in [0.2, 0.25) is 0 Å². The largest absolute Gasteiger partial charge is 0.433 e. The number of imidazole rings is 1. The van der Waals surface area contributed by atoms with Gasteiger partial charge < -0.3 is 19.0 Å². The summed E-state index contributed by atoms with van der Waals surface area (Å²) in [7, 11) is 0. The summed E-state index contributed by atoms with van der Waals surface area (Å²) in [6, 6.07) is 4.84. The van der Waals surface area contributed by atoms with Crippen LogP contribution in [-0.2, 0) is 6.42 Å². The van der Waals surface area contributed by atoms with E-state index in [1.54, 1.807) is 6.20 Å². The summed E-state index contributed by atoms with van der Waals surface area (Å²) in [6.45, 7) is -5.67. The monoisotopic (exact) mass is 517 g/mol. The number of halogens is 4. The van der Waals surface area contributed by atoms with Gasteiger partial charge in [0.15, 0.2) is 5.75 Å². The maximum absolute atomic E-state index is 13.5. The molecule has 0 spiro atoms. The van der Waals surface area contributed by atoms with Gasteiger partial charge in [0.25, 0.3) is 5.89 Å². The van der Waals surface area contributed by atoms with Gasteiger partial charge in [-0.25, -0.2) is 14.2 Å². The van der Waals surface area contributed by atoms with E-state index in [2.05, 4.69) is 35.1 Å². The molecule has 1 aliphatic heterocycles. The molecule has 1 N–H and O–H groups in total. The Hall–Kier alpha value is -4.76. The molecule has 0 aliphatic carbocycles. The third-order valence-electron chi connectivity index (χ3n) is 5.80. The van der Waals surface area contributed by atoms with Crippen LogP contribution in [0.5, 0.6) is 5.75 Å². The van der Waals surface area contributed by atoms with Gasteiger partial charge in [-0.05, 0) is 24.3 Å².